The normalized spacial score (nSPS) is 14.6. The first-order valence-electron chi connectivity index (χ1n) is 8.53. The molecule has 0 saturated carbocycles. The predicted octanol–water partition coefficient (Wildman–Crippen LogP) is 1.76. The minimum absolute atomic E-state index is 0.0990. The van der Waals surface area contributed by atoms with Gasteiger partial charge in [-0.2, -0.15) is 0 Å². The van der Waals surface area contributed by atoms with Crippen LogP contribution in [0.4, 0.5) is 11.4 Å². The number of nitrogens with zero attached hydrogens (tertiary/aromatic N) is 4. The van der Waals surface area contributed by atoms with Crippen LogP contribution in [0.1, 0.15) is 31.2 Å². The van der Waals surface area contributed by atoms with Crippen molar-refractivity contribution >= 4 is 35.2 Å². The second kappa shape index (κ2) is 8.21. The van der Waals surface area contributed by atoms with Gasteiger partial charge >= 0.3 is 0 Å². The molecule has 9 nitrogen and oxygen atoms in total. The van der Waals surface area contributed by atoms with Crippen LogP contribution in [0.2, 0.25) is 0 Å². The Morgan fingerprint density at radius 1 is 1.41 bits per heavy atom. The highest BCUT2D eigenvalue weighted by Gasteiger charge is 2.19. The molecular formula is C17H18N5O4S-. The van der Waals surface area contributed by atoms with E-state index in [4.69, 9.17) is 0 Å². The Bertz CT molecular complexity index is 889. The van der Waals surface area contributed by atoms with Crippen molar-refractivity contribution in [2.24, 2.45) is 0 Å². The monoisotopic (exact) mass is 388 g/mol. The fourth-order valence-corrected chi connectivity index (χ4v) is 3.58. The number of aliphatic carboxylic acids is 1. The topological polar surface area (TPSA) is 128 Å². The number of nitro benzene ring substituents is 1. The maximum absolute atomic E-state index is 11.6. The van der Waals surface area contributed by atoms with Gasteiger partial charge in [-0.1, -0.05) is 6.92 Å². The molecule has 0 radical (unpaired) electrons. The van der Waals surface area contributed by atoms with Crippen molar-refractivity contribution in [1.82, 2.24) is 15.2 Å². The molecule has 1 saturated heterocycles. The Morgan fingerprint density at radius 2 is 2.15 bits per heavy atom. The predicted molar refractivity (Wildman–Crippen MR) is 99.1 cm³/mol. The van der Waals surface area contributed by atoms with Crippen molar-refractivity contribution in [2.75, 3.05) is 18.0 Å². The van der Waals surface area contributed by atoms with Crippen LogP contribution in [-0.4, -0.2) is 39.2 Å². The third-order valence-corrected chi connectivity index (χ3v) is 5.07. The lowest BCUT2D eigenvalue weighted by atomic mass is 10.1. The van der Waals surface area contributed by atoms with E-state index < -0.39 is 10.9 Å². The van der Waals surface area contributed by atoms with Crippen LogP contribution >= 0.6 is 11.8 Å². The van der Waals surface area contributed by atoms with Gasteiger partial charge in [-0.25, -0.2) is 4.98 Å². The molecule has 1 N–H and O–H groups in total. The summed E-state index contributed by atoms with van der Waals surface area (Å²) in [6.07, 6.45) is 4.09. The van der Waals surface area contributed by atoms with Gasteiger partial charge in [0, 0.05) is 47.8 Å². The number of H-pyrrole nitrogens is 1. The molecule has 1 aliphatic rings. The fraction of sp³-hybridized carbons (Fsp3) is 0.353. The fourth-order valence-electron chi connectivity index (χ4n) is 2.87. The quantitative estimate of drug-likeness (QED) is 0.329. The van der Waals surface area contributed by atoms with Gasteiger partial charge < -0.3 is 14.8 Å². The highest BCUT2D eigenvalue weighted by atomic mass is 32.2. The minimum Gasteiger partial charge on any atom is -0.544 e. The summed E-state index contributed by atoms with van der Waals surface area (Å²) in [6.45, 7) is 3.55. The van der Waals surface area contributed by atoms with Crippen LogP contribution in [0.5, 0.6) is 0 Å². The molecule has 27 heavy (non-hydrogen) atoms. The highest BCUT2D eigenvalue weighted by molar-refractivity contribution is 8.04. The van der Waals surface area contributed by atoms with Crippen LogP contribution in [0, 0.1) is 10.1 Å². The summed E-state index contributed by atoms with van der Waals surface area (Å²) in [5.41, 5.74) is 1.13. The van der Waals surface area contributed by atoms with E-state index in [1.54, 1.807) is 6.07 Å². The molecule has 3 rings (SSSR count). The van der Waals surface area contributed by atoms with Crippen molar-refractivity contribution < 1.29 is 14.8 Å². The van der Waals surface area contributed by atoms with Gasteiger partial charge in [-0.3, -0.25) is 15.2 Å². The Kier molecular flexibility index (Phi) is 5.75. The summed E-state index contributed by atoms with van der Waals surface area (Å²) in [5.74, 6) is -0.745. The second-order valence-electron chi connectivity index (χ2n) is 6.01. The lowest BCUT2D eigenvalue weighted by Gasteiger charge is -2.20. The van der Waals surface area contributed by atoms with Crippen LogP contribution in [0.15, 0.2) is 28.3 Å². The van der Waals surface area contributed by atoms with Crippen molar-refractivity contribution in [3.05, 3.63) is 44.6 Å². The van der Waals surface area contributed by atoms with E-state index in [1.165, 1.54) is 18.2 Å². The molecule has 0 spiro atoms. The third-order valence-electron chi connectivity index (χ3n) is 4.20. The van der Waals surface area contributed by atoms with Crippen molar-refractivity contribution in [3.63, 3.8) is 0 Å². The zero-order valence-electron chi connectivity index (χ0n) is 14.7. The molecule has 1 aromatic carbocycles. The summed E-state index contributed by atoms with van der Waals surface area (Å²) < 4.78 is 0. The molecule has 0 unspecified atom stereocenters. The zero-order chi connectivity index (χ0) is 19.4. The number of carboxylic acid groups (broad SMARTS) is 1. The largest absolute Gasteiger partial charge is 0.544 e. The SMILES string of the molecule is CCc1nc(S/C(=C/c2cc([N+](=O)[O-])ccc2N2CCCC2)C(=O)[O-])n[nH]1. The van der Waals surface area contributed by atoms with E-state index in [2.05, 4.69) is 20.1 Å². The van der Waals surface area contributed by atoms with Gasteiger partial charge in [-0.05, 0) is 36.7 Å². The molecule has 1 aromatic heterocycles. The van der Waals surface area contributed by atoms with Crippen LogP contribution in [0.25, 0.3) is 6.08 Å². The molecule has 142 valence electrons. The number of nitro groups is 1. The molecule has 1 aliphatic heterocycles. The van der Waals surface area contributed by atoms with Gasteiger partial charge in [0.15, 0.2) is 0 Å². The number of rotatable bonds is 7. The highest BCUT2D eigenvalue weighted by Crippen LogP contribution is 2.33. The number of carbonyl (C=O) groups is 1. The number of hydrogen-bond donors (Lipinski definition) is 1. The number of aromatic amines is 1. The molecule has 0 amide bonds. The Hall–Kier alpha value is -2.88. The first-order chi connectivity index (χ1) is 13.0. The number of aromatic nitrogens is 3. The molecule has 1 fully saturated rings. The lowest BCUT2D eigenvalue weighted by molar-refractivity contribution is -0.384. The summed E-state index contributed by atoms with van der Waals surface area (Å²) >= 11 is 0.851. The van der Waals surface area contributed by atoms with E-state index in [-0.39, 0.29) is 15.7 Å². The van der Waals surface area contributed by atoms with Gasteiger partial charge in [0.1, 0.15) is 5.82 Å². The maximum atomic E-state index is 11.6. The van der Waals surface area contributed by atoms with Gasteiger partial charge in [0.25, 0.3) is 5.69 Å². The molecule has 10 heteroatoms. The standard InChI is InChI=1S/C17H19N5O4S/c1-2-15-18-17(20-19-15)27-14(16(23)24)10-11-9-12(22(25)26)5-6-13(11)21-7-3-4-8-21/h5-6,9-10H,2-4,7-8H2,1H3,(H,23,24)(H,18,19,20)/p-1/b14-10+. The summed E-state index contributed by atoms with van der Waals surface area (Å²) in [6, 6.07) is 4.47. The number of nitrogens with one attached hydrogen (secondary N) is 1. The number of aryl methyl sites for hydroxylation is 1. The molecular weight excluding hydrogens is 370 g/mol. The third kappa shape index (κ3) is 4.45. The zero-order valence-corrected chi connectivity index (χ0v) is 15.5. The van der Waals surface area contributed by atoms with Crippen LogP contribution in [-0.2, 0) is 11.2 Å². The van der Waals surface area contributed by atoms with E-state index in [1.807, 2.05) is 6.92 Å². The average Bonchev–Trinajstić information content (AvgIpc) is 3.32. The first kappa shape index (κ1) is 18.9. The number of carbonyl (C=O) groups excluding carboxylic acids is 1. The summed E-state index contributed by atoms with van der Waals surface area (Å²) in [7, 11) is 0. The number of thioether (sulfide) groups is 1. The van der Waals surface area contributed by atoms with Crippen LogP contribution < -0.4 is 10.0 Å². The molecule has 0 atom stereocenters. The Balaban J connectivity index is 2.00. The van der Waals surface area contributed by atoms with Crippen molar-refractivity contribution in [3.8, 4) is 0 Å². The number of carboxylic acids is 1. The van der Waals surface area contributed by atoms with E-state index in [9.17, 15) is 20.0 Å². The van der Waals surface area contributed by atoms with Crippen molar-refractivity contribution in [1.29, 1.82) is 0 Å². The Labute approximate surface area is 159 Å². The minimum atomic E-state index is -1.39. The summed E-state index contributed by atoms with van der Waals surface area (Å²) in [4.78, 5) is 28.4. The van der Waals surface area contributed by atoms with Gasteiger partial charge in [0.05, 0.1) is 10.9 Å². The number of anilines is 1. The average molecular weight is 388 g/mol. The van der Waals surface area contributed by atoms with E-state index in [0.717, 1.165) is 43.4 Å². The van der Waals surface area contributed by atoms with Crippen molar-refractivity contribution in [2.45, 2.75) is 31.3 Å². The van der Waals surface area contributed by atoms with Gasteiger partial charge in [0.2, 0.25) is 5.16 Å². The second-order valence-corrected chi connectivity index (χ2v) is 7.02. The molecule has 0 aliphatic carbocycles. The van der Waals surface area contributed by atoms with E-state index in [0.29, 0.717) is 17.8 Å². The first-order valence-corrected chi connectivity index (χ1v) is 9.35. The van der Waals surface area contributed by atoms with Gasteiger partial charge in [-0.15, -0.1) is 5.10 Å². The van der Waals surface area contributed by atoms with E-state index >= 15 is 0 Å². The number of benzene rings is 1. The summed E-state index contributed by atoms with van der Waals surface area (Å²) in [5, 5.41) is 29.7. The maximum Gasteiger partial charge on any atom is 0.270 e. The number of hydrogen-bond acceptors (Lipinski definition) is 8. The lowest BCUT2D eigenvalue weighted by Crippen LogP contribution is -2.23. The smallest absolute Gasteiger partial charge is 0.270 e. The van der Waals surface area contributed by atoms with Crippen LogP contribution in [0.3, 0.4) is 0 Å². The number of non-ortho nitro benzene ring substituents is 1. The molecule has 2 heterocycles. The Morgan fingerprint density at radius 3 is 2.74 bits per heavy atom. The molecule has 0 bridgehead atoms. The molecule has 2 aromatic rings.